The van der Waals surface area contributed by atoms with E-state index in [-0.39, 0.29) is 5.97 Å². The van der Waals surface area contributed by atoms with Gasteiger partial charge in [-0.05, 0) is 49.8 Å². The van der Waals surface area contributed by atoms with Crippen molar-refractivity contribution < 1.29 is 9.53 Å². The van der Waals surface area contributed by atoms with Crippen LogP contribution in [0.4, 0.5) is 11.4 Å². The average Bonchev–Trinajstić information content (AvgIpc) is 2.93. The number of hydrogen-bond acceptors (Lipinski definition) is 4. The van der Waals surface area contributed by atoms with E-state index in [0.717, 1.165) is 18.8 Å². The maximum atomic E-state index is 12.0. The number of nitrogens with two attached hydrogens (primary N) is 1. The van der Waals surface area contributed by atoms with Crippen molar-refractivity contribution >= 4 is 17.3 Å². The fourth-order valence-corrected chi connectivity index (χ4v) is 3.11. The van der Waals surface area contributed by atoms with Gasteiger partial charge in [0.05, 0.1) is 12.2 Å². The normalized spacial score (nSPS) is 17.0. The molecule has 0 unspecified atom stereocenters. The van der Waals surface area contributed by atoms with Crippen LogP contribution in [0.5, 0.6) is 0 Å². The third kappa shape index (κ3) is 3.14. The lowest BCUT2D eigenvalue weighted by Gasteiger charge is -2.27. The number of carbonyl (C=O) groups excluding carboxylic acids is 1. The van der Waals surface area contributed by atoms with Crippen LogP contribution in [-0.2, 0) is 4.74 Å². The van der Waals surface area contributed by atoms with Crippen LogP contribution in [0.1, 0.15) is 50.4 Å². The zero-order valence-corrected chi connectivity index (χ0v) is 13.3. The van der Waals surface area contributed by atoms with Crippen LogP contribution < -0.4 is 10.6 Å². The lowest BCUT2D eigenvalue weighted by Crippen LogP contribution is -2.26. The summed E-state index contributed by atoms with van der Waals surface area (Å²) >= 11 is 0. The molecular formula is C17H26N2O2. The number of carbonyl (C=O) groups is 1. The van der Waals surface area contributed by atoms with E-state index in [0.29, 0.717) is 23.3 Å². The van der Waals surface area contributed by atoms with E-state index in [4.69, 9.17) is 10.5 Å². The number of nitrogens with zero attached hydrogens (tertiary/aromatic N) is 1. The number of hydrogen-bond donors (Lipinski definition) is 1. The van der Waals surface area contributed by atoms with Gasteiger partial charge in [0.15, 0.2) is 0 Å². The Morgan fingerprint density at radius 2 is 2.05 bits per heavy atom. The third-order valence-corrected chi connectivity index (χ3v) is 4.84. The van der Waals surface area contributed by atoms with Gasteiger partial charge in [-0.2, -0.15) is 0 Å². The number of benzene rings is 1. The van der Waals surface area contributed by atoms with Gasteiger partial charge in [-0.3, -0.25) is 0 Å². The van der Waals surface area contributed by atoms with Crippen LogP contribution in [0.15, 0.2) is 18.2 Å². The van der Waals surface area contributed by atoms with Crippen LogP contribution in [0.3, 0.4) is 0 Å². The molecule has 1 aromatic carbocycles. The number of rotatable bonds is 5. The molecule has 0 atom stereocenters. The van der Waals surface area contributed by atoms with Crippen LogP contribution in [0.2, 0.25) is 0 Å². The van der Waals surface area contributed by atoms with Crippen molar-refractivity contribution in [3.63, 3.8) is 0 Å². The fourth-order valence-electron chi connectivity index (χ4n) is 3.11. The standard InChI is InChI=1S/C17H26N2O2/c1-4-17(5-2)9-10-19(12-17)13-7-8-15(18)14(11-13)16(20)21-6-3/h7-8,11H,4-6,9-10,12,18H2,1-3H3. The zero-order chi connectivity index (χ0) is 15.5. The highest BCUT2D eigenvalue weighted by atomic mass is 16.5. The fraction of sp³-hybridized carbons (Fsp3) is 0.588. The van der Waals surface area contributed by atoms with Crippen LogP contribution in [-0.4, -0.2) is 25.7 Å². The lowest BCUT2D eigenvalue weighted by atomic mass is 9.82. The molecule has 0 aromatic heterocycles. The summed E-state index contributed by atoms with van der Waals surface area (Å²) in [6, 6.07) is 5.67. The lowest BCUT2D eigenvalue weighted by molar-refractivity contribution is 0.0527. The molecule has 0 spiro atoms. The topological polar surface area (TPSA) is 55.6 Å². The van der Waals surface area contributed by atoms with Crippen molar-refractivity contribution in [1.82, 2.24) is 0 Å². The van der Waals surface area contributed by atoms with Crippen molar-refractivity contribution in [3.8, 4) is 0 Å². The molecule has 1 aliphatic rings. The van der Waals surface area contributed by atoms with E-state index in [9.17, 15) is 4.79 Å². The van der Waals surface area contributed by atoms with Gasteiger partial charge < -0.3 is 15.4 Å². The molecule has 0 saturated carbocycles. The minimum atomic E-state index is -0.340. The molecule has 21 heavy (non-hydrogen) atoms. The second-order valence-corrected chi connectivity index (χ2v) is 5.87. The maximum absolute atomic E-state index is 12.0. The Hall–Kier alpha value is -1.71. The average molecular weight is 290 g/mol. The summed E-state index contributed by atoms with van der Waals surface area (Å²) in [5.41, 5.74) is 8.33. The largest absolute Gasteiger partial charge is 0.462 e. The van der Waals surface area contributed by atoms with Gasteiger partial charge in [0.25, 0.3) is 0 Å². The molecule has 0 radical (unpaired) electrons. The highest BCUT2D eigenvalue weighted by Crippen LogP contribution is 2.39. The molecule has 2 rings (SSSR count). The molecule has 4 nitrogen and oxygen atoms in total. The Bertz CT molecular complexity index is 510. The molecule has 1 aliphatic heterocycles. The smallest absolute Gasteiger partial charge is 0.340 e. The van der Waals surface area contributed by atoms with E-state index in [1.165, 1.54) is 19.3 Å². The summed E-state index contributed by atoms with van der Waals surface area (Å²) in [6.45, 7) is 8.77. The Balaban J connectivity index is 2.22. The quantitative estimate of drug-likeness (QED) is 0.666. The predicted molar refractivity (Wildman–Crippen MR) is 86.7 cm³/mol. The van der Waals surface area contributed by atoms with E-state index < -0.39 is 0 Å². The zero-order valence-electron chi connectivity index (χ0n) is 13.3. The molecular weight excluding hydrogens is 264 g/mol. The van der Waals surface area contributed by atoms with E-state index in [1.807, 2.05) is 12.1 Å². The first-order valence-corrected chi connectivity index (χ1v) is 7.87. The monoisotopic (exact) mass is 290 g/mol. The summed E-state index contributed by atoms with van der Waals surface area (Å²) in [5, 5.41) is 0. The van der Waals surface area contributed by atoms with Crippen molar-refractivity contribution in [2.45, 2.75) is 40.0 Å². The van der Waals surface area contributed by atoms with Crippen molar-refractivity contribution in [1.29, 1.82) is 0 Å². The second-order valence-electron chi connectivity index (χ2n) is 5.87. The molecule has 0 bridgehead atoms. The summed E-state index contributed by atoms with van der Waals surface area (Å²) in [5.74, 6) is -0.340. The summed E-state index contributed by atoms with van der Waals surface area (Å²) in [7, 11) is 0. The van der Waals surface area contributed by atoms with E-state index in [1.54, 1.807) is 13.0 Å². The summed E-state index contributed by atoms with van der Waals surface area (Å²) < 4.78 is 5.07. The van der Waals surface area contributed by atoms with Gasteiger partial charge in [0.2, 0.25) is 0 Å². The Labute approximate surface area is 127 Å². The molecule has 116 valence electrons. The predicted octanol–water partition coefficient (Wildman–Crippen LogP) is 3.46. The first-order chi connectivity index (χ1) is 10.0. The van der Waals surface area contributed by atoms with Crippen LogP contribution in [0, 0.1) is 5.41 Å². The Kier molecular flexibility index (Phi) is 4.76. The van der Waals surface area contributed by atoms with E-state index >= 15 is 0 Å². The summed E-state index contributed by atoms with van der Waals surface area (Å²) in [6.07, 6.45) is 3.60. The number of esters is 1. The highest BCUT2D eigenvalue weighted by Gasteiger charge is 2.35. The van der Waals surface area contributed by atoms with E-state index in [2.05, 4.69) is 18.7 Å². The number of ether oxygens (including phenoxy) is 1. The molecule has 0 amide bonds. The van der Waals surface area contributed by atoms with Crippen LogP contribution >= 0.6 is 0 Å². The maximum Gasteiger partial charge on any atom is 0.340 e. The Morgan fingerprint density at radius 1 is 1.33 bits per heavy atom. The molecule has 4 heteroatoms. The first-order valence-electron chi connectivity index (χ1n) is 7.87. The van der Waals surface area contributed by atoms with Gasteiger partial charge in [0, 0.05) is 24.5 Å². The van der Waals surface area contributed by atoms with Crippen molar-refractivity contribution in [2.75, 3.05) is 30.3 Å². The van der Waals surface area contributed by atoms with Gasteiger partial charge in [-0.25, -0.2) is 4.79 Å². The van der Waals surface area contributed by atoms with Gasteiger partial charge in [-0.1, -0.05) is 13.8 Å². The molecule has 0 aliphatic carbocycles. The SMILES string of the molecule is CCOC(=O)c1cc(N2CCC(CC)(CC)C2)ccc1N. The van der Waals surface area contributed by atoms with Gasteiger partial charge in [-0.15, -0.1) is 0 Å². The number of anilines is 2. The van der Waals surface area contributed by atoms with Gasteiger partial charge >= 0.3 is 5.97 Å². The van der Waals surface area contributed by atoms with Crippen LogP contribution in [0.25, 0.3) is 0 Å². The Morgan fingerprint density at radius 3 is 2.62 bits per heavy atom. The first kappa shape index (κ1) is 15.7. The van der Waals surface area contributed by atoms with Gasteiger partial charge in [0.1, 0.15) is 0 Å². The molecule has 2 N–H and O–H groups in total. The molecule has 1 heterocycles. The summed E-state index contributed by atoms with van der Waals surface area (Å²) in [4.78, 5) is 14.3. The minimum absolute atomic E-state index is 0.340. The molecule has 1 saturated heterocycles. The minimum Gasteiger partial charge on any atom is -0.462 e. The highest BCUT2D eigenvalue weighted by molar-refractivity contribution is 5.96. The third-order valence-electron chi connectivity index (χ3n) is 4.84. The second kappa shape index (κ2) is 6.37. The van der Waals surface area contributed by atoms with Crippen molar-refractivity contribution in [2.24, 2.45) is 5.41 Å². The van der Waals surface area contributed by atoms with Crippen molar-refractivity contribution in [3.05, 3.63) is 23.8 Å². The number of nitrogen functional groups attached to an aromatic ring is 1. The molecule has 1 fully saturated rings. The molecule has 1 aromatic rings.